The number of nitrogens with one attached hydrogen (secondary N) is 1. The van der Waals surface area contributed by atoms with E-state index in [2.05, 4.69) is 15.3 Å². The predicted molar refractivity (Wildman–Crippen MR) is 78.3 cm³/mol. The van der Waals surface area contributed by atoms with Crippen LogP contribution in [0.15, 0.2) is 6.07 Å². The minimum absolute atomic E-state index is 0. The van der Waals surface area contributed by atoms with Crippen molar-refractivity contribution in [1.82, 2.24) is 15.3 Å². The van der Waals surface area contributed by atoms with Gasteiger partial charge in [-0.25, -0.2) is 15.0 Å². The number of hydroxylamine groups is 1. The molecule has 0 aliphatic carbocycles. The number of halogens is 2. The fraction of sp³-hybridized carbons (Fsp3) is 0.600. The molecular weight excluding hydrogens is 352 g/mol. The third kappa shape index (κ3) is 4.87. The molecule has 1 aliphatic heterocycles. The van der Waals surface area contributed by atoms with Crippen molar-refractivity contribution in [2.24, 2.45) is 0 Å². The third-order valence-corrected chi connectivity index (χ3v) is 2.21. The van der Waals surface area contributed by atoms with Crippen molar-refractivity contribution in [1.29, 1.82) is 0 Å². The molecule has 1 aromatic rings. The Bertz CT molecular complexity index is 323. The fourth-order valence-corrected chi connectivity index (χ4v) is 1.57. The van der Waals surface area contributed by atoms with Gasteiger partial charge in [0.15, 0.2) is 0 Å². The van der Waals surface area contributed by atoms with E-state index in [-0.39, 0.29) is 34.0 Å². The van der Waals surface area contributed by atoms with Crippen LogP contribution in [-0.2, 0) is 4.84 Å². The average Bonchev–Trinajstić information content (AvgIpc) is 2.43. The molecular formula is C10H18Br2N4O. The van der Waals surface area contributed by atoms with Crippen LogP contribution in [0.1, 0.15) is 11.4 Å². The molecule has 5 nitrogen and oxygen atoms in total. The van der Waals surface area contributed by atoms with E-state index in [1.165, 1.54) is 0 Å². The van der Waals surface area contributed by atoms with Crippen LogP contribution in [0.5, 0.6) is 0 Å². The molecule has 98 valence electrons. The van der Waals surface area contributed by atoms with Crippen molar-refractivity contribution in [2.75, 3.05) is 31.3 Å². The number of nitrogens with zero attached hydrogens (tertiary/aromatic N) is 3. The molecule has 2 rings (SSSR count). The van der Waals surface area contributed by atoms with Crippen molar-refractivity contribution in [3.05, 3.63) is 17.5 Å². The number of hydrogen-bond acceptors (Lipinski definition) is 5. The molecule has 1 aromatic heterocycles. The Labute approximate surface area is 122 Å². The summed E-state index contributed by atoms with van der Waals surface area (Å²) < 4.78 is 0. The van der Waals surface area contributed by atoms with Gasteiger partial charge >= 0.3 is 0 Å². The van der Waals surface area contributed by atoms with Gasteiger partial charge in [0.05, 0.1) is 13.2 Å². The predicted octanol–water partition coefficient (Wildman–Crippen LogP) is 1.59. The Morgan fingerprint density at radius 3 is 2.47 bits per heavy atom. The first-order chi connectivity index (χ1) is 7.25. The molecule has 1 N–H and O–H groups in total. The molecule has 1 aliphatic rings. The lowest BCUT2D eigenvalue weighted by Gasteiger charge is -2.19. The summed E-state index contributed by atoms with van der Waals surface area (Å²) in [6.07, 6.45) is 0. The third-order valence-electron chi connectivity index (χ3n) is 2.21. The van der Waals surface area contributed by atoms with Gasteiger partial charge < -0.3 is 5.32 Å². The summed E-state index contributed by atoms with van der Waals surface area (Å²) in [6.45, 7) is 7.15. The van der Waals surface area contributed by atoms with Gasteiger partial charge in [0.25, 0.3) is 0 Å². The smallest absolute Gasteiger partial charge is 0.250 e. The molecule has 0 unspecified atom stereocenters. The summed E-state index contributed by atoms with van der Waals surface area (Å²) in [4.78, 5) is 14.3. The highest BCUT2D eigenvalue weighted by atomic mass is 79.9. The van der Waals surface area contributed by atoms with Crippen LogP contribution >= 0.6 is 34.0 Å². The summed E-state index contributed by atoms with van der Waals surface area (Å²) in [5.41, 5.74) is 1.94. The van der Waals surface area contributed by atoms with E-state index in [9.17, 15) is 0 Å². The van der Waals surface area contributed by atoms with Gasteiger partial charge in [0.2, 0.25) is 5.95 Å². The lowest BCUT2D eigenvalue weighted by Crippen LogP contribution is -2.28. The molecule has 0 bridgehead atoms. The minimum Gasteiger partial charge on any atom is -0.312 e. The highest BCUT2D eigenvalue weighted by Gasteiger charge is 2.13. The standard InChI is InChI=1S/C10H16N4O.2BrH/c1-8-7-9(2)13-10(12-8)14-5-3-11-4-6-15-14;;/h7,11H,3-6H2,1-2H3;2*1H. The topological polar surface area (TPSA) is 50.3 Å². The Kier molecular flexibility index (Phi) is 7.85. The maximum atomic E-state index is 5.54. The van der Waals surface area contributed by atoms with E-state index in [1.807, 2.05) is 19.9 Å². The fourth-order valence-electron chi connectivity index (χ4n) is 1.57. The molecule has 7 heteroatoms. The summed E-state index contributed by atoms with van der Waals surface area (Å²) in [6, 6.07) is 1.96. The lowest BCUT2D eigenvalue weighted by molar-refractivity contribution is 0.121. The number of aromatic nitrogens is 2. The van der Waals surface area contributed by atoms with E-state index in [1.54, 1.807) is 5.06 Å². The molecule has 0 amide bonds. The van der Waals surface area contributed by atoms with Crippen molar-refractivity contribution in [3.8, 4) is 0 Å². The molecule has 0 saturated carbocycles. The van der Waals surface area contributed by atoms with Crippen molar-refractivity contribution in [3.63, 3.8) is 0 Å². The number of hydrogen-bond donors (Lipinski definition) is 1. The van der Waals surface area contributed by atoms with Gasteiger partial charge in [-0.1, -0.05) is 0 Å². The second-order valence-corrected chi connectivity index (χ2v) is 3.64. The van der Waals surface area contributed by atoms with Crippen LogP contribution < -0.4 is 10.4 Å². The van der Waals surface area contributed by atoms with E-state index in [0.29, 0.717) is 12.6 Å². The van der Waals surface area contributed by atoms with E-state index < -0.39 is 0 Å². The summed E-state index contributed by atoms with van der Waals surface area (Å²) in [7, 11) is 0. The zero-order valence-electron chi connectivity index (χ0n) is 9.97. The first-order valence-corrected chi connectivity index (χ1v) is 5.19. The molecule has 0 spiro atoms. The van der Waals surface area contributed by atoms with E-state index in [4.69, 9.17) is 4.84 Å². The van der Waals surface area contributed by atoms with Gasteiger partial charge in [0, 0.05) is 24.5 Å². The Morgan fingerprint density at radius 1 is 1.18 bits per heavy atom. The van der Waals surface area contributed by atoms with Crippen LogP contribution in [0, 0.1) is 13.8 Å². The highest BCUT2D eigenvalue weighted by Crippen LogP contribution is 2.10. The Hall–Kier alpha value is -0.240. The first-order valence-electron chi connectivity index (χ1n) is 5.19. The average molecular weight is 370 g/mol. The Balaban J connectivity index is 0.00000128. The minimum atomic E-state index is 0. The van der Waals surface area contributed by atoms with Crippen molar-refractivity contribution >= 4 is 39.9 Å². The van der Waals surface area contributed by atoms with Gasteiger partial charge in [-0.15, -0.1) is 34.0 Å². The molecule has 0 aromatic carbocycles. The maximum absolute atomic E-state index is 5.54. The second-order valence-electron chi connectivity index (χ2n) is 3.64. The zero-order valence-corrected chi connectivity index (χ0v) is 13.4. The highest BCUT2D eigenvalue weighted by molar-refractivity contribution is 8.93. The summed E-state index contributed by atoms with van der Waals surface area (Å²) >= 11 is 0. The van der Waals surface area contributed by atoms with Gasteiger partial charge in [-0.3, -0.25) is 4.84 Å². The number of anilines is 1. The van der Waals surface area contributed by atoms with Crippen molar-refractivity contribution < 1.29 is 4.84 Å². The molecule has 0 radical (unpaired) electrons. The quantitative estimate of drug-likeness (QED) is 0.814. The zero-order chi connectivity index (χ0) is 10.7. The van der Waals surface area contributed by atoms with Crippen LogP contribution in [0.4, 0.5) is 5.95 Å². The van der Waals surface area contributed by atoms with Crippen LogP contribution in [0.3, 0.4) is 0 Å². The monoisotopic (exact) mass is 368 g/mol. The molecule has 0 atom stereocenters. The van der Waals surface area contributed by atoms with Gasteiger partial charge in [0.1, 0.15) is 0 Å². The molecule has 1 saturated heterocycles. The van der Waals surface area contributed by atoms with Gasteiger partial charge in [-0.05, 0) is 19.9 Å². The summed E-state index contributed by atoms with van der Waals surface area (Å²) in [5, 5.41) is 5.02. The largest absolute Gasteiger partial charge is 0.312 e. The first kappa shape index (κ1) is 16.8. The SMILES string of the molecule is Br.Br.Cc1cc(C)nc(N2CCNCCO2)n1. The molecule has 2 heterocycles. The van der Waals surface area contributed by atoms with Gasteiger partial charge in [-0.2, -0.15) is 0 Å². The molecule has 17 heavy (non-hydrogen) atoms. The van der Waals surface area contributed by atoms with Crippen LogP contribution in [0.2, 0.25) is 0 Å². The number of aryl methyl sites for hydroxylation is 2. The van der Waals surface area contributed by atoms with E-state index >= 15 is 0 Å². The van der Waals surface area contributed by atoms with Crippen LogP contribution in [-0.4, -0.2) is 36.2 Å². The van der Waals surface area contributed by atoms with E-state index in [0.717, 1.165) is 31.0 Å². The lowest BCUT2D eigenvalue weighted by atomic mass is 10.4. The summed E-state index contributed by atoms with van der Waals surface area (Å²) in [5.74, 6) is 0.663. The maximum Gasteiger partial charge on any atom is 0.250 e. The van der Waals surface area contributed by atoms with Crippen LogP contribution in [0.25, 0.3) is 0 Å². The number of rotatable bonds is 1. The normalized spacial score (nSPS) is 15.5. The van der Waals surface area contributed by atoms with Crippen molar-refractivity contribution in [2.45, 2.75) is 13.8 Å². The second kappa shape index (κ2) is 7.97. The Morgan fingerprint density at radius 2 is 1.82 bits per heavy atom. The molecule has 1 fully saturated rings.